The highest BCUT2D eigenvalue weighted by Gasteiger charge is 2.54. The number of hydrogen-bond donors (Lipinski definition) is 1. The predicted octanol–water partition coefficient (Wildman–Crippen LogP) is 3.19. The largest absolute Gasteiger partial charge is 0.450 e. The SMILES string of the molecule is CCOC(=O)NC1CCN(C2CCC3(CC2)C(=O)N(C(=O)OCC)c2ccccc23)C1. The molecule has 3 amide bonds. The first kappa shape index (κ1) is 21.6. The van der Waals surface area contributed by atoms with E-state index in [-0.39, 0.29) is 24.6 Å². The molecule has 3 aliphatic rings. The van der Waals surface area contributed by atoms with Crippen LogP contribution in [-0.2, 0) is 19.7 Å². The van der Waals surface area contributed by atoms with Gasteiger partial charge in [0.2, 0.25) is 5.91 Å². The lowest BCUT2D eigenvalue weighted by Crippen LogP contribution is -2.48. The number of likely N-dealkylation sites (tertiary alicyclic amines) is 1. The Morgan fingerprint density at radius 3 is 2.52 bits per heavy atom. The molecular formula is C23H31N3O5. The van der Waals surface area contributed by atoms with Crippen LogP contribution in [0.5, 0.6) is 0 Å². The van der Waals surface area contributed by atoms with Gasteiger partial charge in [0.25, 0.3) is 0 Å². The van der Waals surface area contributed by atoms with Crippen LogP contribution in [0, 0.1) is 0 Å². The number of hydrogen-bond acceptors (Lipinski definition) is 6. The summed E-state index contributed by atoms with van der Waals surface area (Å²) in [6.07, 6.45) is 3.12. The minimum atomic E-state index is -0.651. The monoisotopic (exact) mass is 429 g/mol. The van der Waals surface area contributed by atoms with E-state index in [1.165, 1.54) is 4.90 Å². The number of para-hydroxylation sites is 1. The van der Waals surface area contributed by atoms with Crippen molar-refractivity contribution in [2.24, 2.45) is 0 Å². The third kappa shape index (κ3) is 3.89. The van der Waals surface area contributed by atoms with Crippen molar-refractivity contribution < 1.29 is 23.9 Å². The molecule has 0 radical (unpaired) electrons. The Balaban J connectivity index is 1.44. The summed E-state index contributed by atoms with van der Waals surface area (Å²) in [5, 5.41) is 2.93. The molecule has 1 aromatic rings. The molecule has 1 unspecified atom stereocenters. The number of imide groups is 1. The average molecular weight is 430 g/mol. The van der Waals surface area contributed by atoms with Gasteiger partial charge in [-0.1, -0.05) is 18.2 Å². The number of alkyl carbamates (subject to hydrolysis) is 1. The summed E-state index contributed by atoms with van der Waals surface area (Å²) < 4.78 is 10.2. The summed E-state index contributed by atoms with van der Waals surface area (Å²) in [5.41, 5.74) is 0.946. The minimum Gasteiger partial charge on any atom is -0.450 e. The Labute approximate surface area is 182 Å². The van der Waals surface area contributed by atoms with Crippen LogP contribution in [0.4, 0.5) is 15.3 Å². The third-order valence-corrected chi connectivity index (χ3v) is 6.87. The molecule has 1 aromatic carbocycles. The molecule has 8 heteroatoms. The van der Waals surface area contributed by atoms with E-state index in [2.05, 4.69) is 10.2 Å². The summed E-state index contributed by atoms with van der Waals surface area (Å²) in [5.74, 6) is -0.158. The maximum atomic E-state index is 13.5. The number of anilines is 1. The standard InChI is InChI=1S/C23H31N3O5/c1-3-30-21(28)24-16-11-14-25(15-16)17-9-12-23(13-10-17)18-7-5-6-8-19(18)26(20(23)27)22(29)31-4-2/h5-8,16-17H,3-4,9-15H2,1-2H3,(H,24,28). The molecular weight excluding hydrogens is 398 g/mol. The Bertz CT molecular complexity index is 849. The zero-order chi connectivity index (χ0) is 22.0. The number of fused-ring (bicyclic) bond motifs is 2. The number of rotatable bonds is 4. The van der Waals surface area contributed by atoms with Crippen LogP contribution in [0.3, 0.4) is 0 Å². The topological polar surface area (TPSA) is 88.2 Å². The van der Waals surface area contributed by atoms with E-state index in [0.29, 0.717) is 31.2 Å². The lowest BCUT2D eigenvalue weighted by atomic mass is 9.68. The van der Waals surface area contributed by atoms with Crippen molar-refractivity contribution in [1.29, 1.82) is 0 Å². The Morgan fingerprint density at radius 2 is 1.81 bits per heavy atom. The summed E-state index contributed by atoms with van der Waals surface area (Å²) in [4.78, 5) is 41.3. The van der Waals surface area contributed by atoms with Gasteiger partial charge in [0, 0.05) is 25.2 Å². The first-order chi connectivity index (χ1) is 15.0. The molecule has 31 heavy (non-hydrogen) atoms. The number of benzene rings is 1. The normalized spacial score (nSPS) is 27.9. The Hall–Kier alpha value is -2.61. The molecule has 1 aliphatic carbocycles. The Kier molecular flexibility index (Phi) is 6.18. The van der Waals surface area contributed by atoms with Gasteiger partial charge in [0.15, 0.2) is 0 Å². The molecule has 8 nitrogen and oxygen atoms in total. The van der Waals surface area contributed by atoms with E-state index in [0.717, 1.165) is 37.9 Å². The molecule has 1 spiro atoms. The number of ether oxygens (including phenoxy) is 2. The second kappa shape index (κ2) is 8.86. The van der Waals surface area contributed by atoms with Crippen LogP contribution in [0.2, 0.25) is 0 Å². The first-order valence-corrected chi connectivity index (χ1v) is 11.3. The van der Waals surface area contributed by atoms with Crippen LogP contribution >= 0.6 is 0 Å². The lowest BCUT2D eigenvalue weighted by Gasteiger charge is -2.39. The van der Waals surface area contributed by atoms with Gasteiger partial charge >= 0.3 is 12.2 Å². The van der Waals surface area contributed by atoms with Crippen molar-refractivity contribution in [3.8, 4) is 0 Å². The van der Waals surface area contributed by atoms with Gasteiger partial charge in [-0.2, -0.15) is 0 Å². The molecule has 1 atom stereocenters. The zero-order valence-electron chi connectivity index (χ0n) is 18.3. The predicted molar refractivity (Wildman–Crippen MR) is 115 cm³/mol. The summed E-state index contributed by atoms with van der Waals surface area (Å²) >= 11 is 0. The lowest BCUT2D eigenvalue weighted by molar-refractivity contribution is -0.124. The van der Waals surface area contributed by atoms with E-state index in [1.54, 1.807) is 13.8 Å². The van der Waals surface area contributed by atoms with Gasteiger partial charge in [-0.25, -0.2) is 14.5 Å². The molecule has 4 rings (SSSR count). The number of amides is 3. The van der Waals surface area contributed by atoms with Crippen LogP contribution in [0.25, 0.3) is 0 Å². The summed E-state index contributed by atoms with van der Waals surface area (Å²) in [7, 11) is 0. The second-order valence-electron chi connectivity index (χ2n) is 8.52. The zero-order valence-corrected chi connectivity index (χ0v) is 18.3. The maximum Gasteiger partial charge on any atom is 0.421 e. The fraction of sp³-hybridized carbons (Fsp3) is 0.609. The van der Waals surface area contributed by atoms with E-state index in [4.69, 9.17) is 9.47 Å². The quantitative estimate of drug-likeness (QED) is 0.791. The number of carbonyl (C=O) groups excluding carboxylic acids is 3. The Morgan fingerprint density at radius 1 is 1.10 bits per heavy atom. The summed E-state index contributed by atoms with van der Waals surface area (Å²) in [6, 6.07) is 8.06. The van der Waals surface area contributed by atoms with E-state index < -0.39 is 11.5 Å². The molecule has 168 valence electrons. The van der Waals surface area contributed by atoms with Crippen molar-refractivity contribution >= 4 is 23.8 Å². The highest BCUT2D eigenvalue weighted by molar-refractivity contribution is 6.21. The van der Waals surface area contributed by atoms with Gasteiger partial charge in [0.05, 0.1) is 24.3 Å². The molecule has 0 bridgehead atoms. The highest BCUT2D eigenvalue weighted by atomic mass is 16.6. The number of carbonyl (C=O) groups is 3. The van der Waals surface area contributed by atoms with Gasteiger partial charge < -0.3 is 14.8 Å². The van der Waals surface area contributed by atoms with Crippen LogP contribution < -0.4 is 10.2 Å². The maximum absolute atomic E-state index is 13.5. The number of nitrogens with one attached hydrogen (secondary N) is 1. The van der Waals surface area contributed by atoms with Gasteiger partial charge in [0.1, 0.15) is 0 Å². The van der Waals surface area contributed by atoms with Crippen molar-refractivity contribution in [2.75, 3.05) is 31.2 Å². The fourth-order valence-corrected chi connectivity index (χ4v) is 5.40. The molecule has 1 saturated heterocycles. The fourth-order valence-electron chi connectivity index (χ4n) is 5.40. The second-order valence-corrected chi connectivity index (χ2v) is 8.52. The first-order valence-electron chi connectivity index (χ1n) is 11.3. The molecule has 2 heterocycles. The van der Waals surface area contributed by atoms with Crippen molar-refractivity contribution in [3.05, 3.63) is 29.8 Å². The average Bonchev–Trinajstić information content (AvgIpc) is 3.31. The minimum absolute atomic E-state index is 0.100. The van der Waals surface area contributed by atoms with Crippen LogP contribution in [0.1, 0.15) is 51.5 Å². The molecule has 1 N–H and O–H groups in total. The molecule has 1 saturated carbocycles. The molecule has 2 aliphatic heterocycles. The highest BCUT2D eigenvalue weighted by Crippen LogP contribution is 2.51. The van der Waals surface area contributed by atoms with Crippen LogP contribution in [-0.4, -0.2) is 61.4 Å². The van der Waals surface area contributed by atoms with Gasteiger partial charge in [-0.15, -0.1) is 0 Å². The molecule has 2 fully saturated rings. The van der Waals surface area contributed by atoms with E-state index in [9.17, 15) is 14.4 Å². The van der Waals surface area contributed by atoms with Gasteiger partial charge in [-0.05, 0) is 57.6 Å². The van der Waals surface area contributed by atoms with Crippen molar-refractivity contribution in [2.45, 2.75) is 63.5 Å². The van der Waals surface area contributed by atoms with Gasteiger partial charge in [-0.3, -0.25) is 9.69 Å². The van der Waals surface area contributed by atoms with E-state index >= 15 is 0 Å². The van der Waals surface area contributed by atoms with Crippen LogP contribution in [0.15, 0.2) is 24.3 Å². The van der Waals surface area contributed by atoms with Crippen molar-refractivity contribution in [3.63, 3.8) is 0 Å². The summed E-state index contributed by atoms with van der Waals surface area (Å²) in [6.45, 7) is 5.86. The third-order valence-electron chi connectivity index (χ3n) is 6.87. The molecule has 0 aromatic heterocycles. The smallest absolute Gasteiger partial charge is 0.421 e. The van der Waals surface area contributed by atoms with E-state index in [1.807, 2.05) is 24.3 Å². The number of nitrogens with zero attached hydrogens (tertiary/aromatic N) is 2. The van der Waals surface area contributed by atoms with Crippen molar-refractivity contribution in [1.82, 2.24) is 10.2 Å².